The number of nitrogens with zero attached hydrogens (tertiary/aromatic N) is 2. The maximum absolute atomic E-state index is 12.3. The minimum absolute atomic E-state index is 0.117. The molecule has 1 aromatic carbocycles. The fraction of sp³-hybridized carbons (Fsp3) is 0.611. The number of amides is 2. The predicted octanol–water partition coefficient (Wildman–Crippen LogP) is 2.91. The first-order chi connectivity index (χ1) is 11.1. The molecule has 2 fully saturated rings. The SMILES string of the molecule is CC1CCN(c2cccc(NC(=O)N3CCCC(O)C3)c2)CC1. The molecule has 0 bridgehead atoms. The molecule has 23 heavy (non-hydrogen) atoms. The number of aliphatic hydroxyl groups excluding tert-OH is 1. The van der Waals surface area contributed by atoms with E-state index < -0.39 is 6.10 Å². The molecule has 2 aliphatic heterocycles. The van der Waals surface area contributed by atoms with Gasteiger partial charge in [-0.2, -0.15) is 0 Å². The molecule has 5 heteroatoms. The van der Waals surface area contributed by atoms with Crippen molar-refractivity contribution in [1.29, 1.82) is 0 Å². The van der Waals surface area contributed by atoms with Gasteiger partial charge in [0.25, 0.3) is 0 Å². The average Bonchev–Trinajstić information content (AvgIpc) is 2.56. The van der Waals surface area contributed by atoms with Crippen molar-refractivity contribution in [2.45, 2.75) is 38.7 Å². The molecule has 3 rings (SSSR count). The number of β-amino-alcohol motifs (C(OH)–C–C–N with tert-alkyl or cyclic N) is 1. The second kappa shape index (κ2) is 7.21. The molecule has 2 saturated heterocycles. The van der Waals surface area contributed by atoms with Crippen LogP contribution in [-0.4, -0.2) is 48.3 Å². The molecule has 1 aromatic rings. The number of nitrogens with one attached hydrogen (secondary N) is 1. The van der Waals surface area contributed by atoms with Crippen LogP contribution >= 0.6 is 0 Å². The topological polar surface area (TPSA) is 55.8 Å². The molecular weight excluding hydrogens is 290 g/mol. The van der Waals surface area contributed by atoms with Gasteiger partial charge in [-0.15, -0.1) is 0 Å². The zero-order chi connectivity index (χ0) is 16.2. The second-order valence-corrected chi connectivity index (χ2v) is 6.89. The number of benzene rings is 1. The minimum Gasteiger partial charge on any atom is -0.391 e. The maximum atomic E-state index is 12.3. The zero-order valence-electron chi connectivity index (χ0n) is 13.9. The standard InChI is InChI=1S/C18H27N3O2/c1-14-7-10-20(11-8-14)16-5-2-4-15(12-16)19-18(23)21-9-3-6-17(22)13-21/h2,4-5,12,14,17,22H,3,6-11,13H2,1H3,(H,19,23). The Balaban J connectivity index is 1.62. The Hall–Kier alpha value is -1.75. The summed E-state index contributed by atoms with van der Waals surface area (Å²) in [6.45, 7) is 5.61. The van der Waals surface area contributed by atoms with Gasteiger partial charge in [0, 0.05) is 37.6 Å². The third-order valence-corrected chi connectivity index (χ3v) is 4.93. The van der Waals surface area contributed by atoms with Crippen LogP contribution < -0.4 is 10.2 Å². The van der Waals surface area contributed by atoms with Crippen molar-refractivity contribution >= 4 is 17.4 Å². The molecule has 126 valence electrons. The van der Waals surface area contributed by atoms with Crippen molar-refractivity contribution < 1.29 is 9.90 Å². The molecule has 0 aromatic heterocycles. The summed E-state index contributed by atoms with van der Waals surface area (Å²) >= 11 is 0. The molecule has 0 radical (unpaired) electrons. The Labute approximate surface area is 138 Å². The van der Waals surface area contributed by atoms with Crippen LogP contribution in [-0.2, 0) is 0 Å². The number of carbonyl (C=O) groups excluding carboxylic acids is 1. The number of rotatable bonds is 2. The molecule has 0 aliphatic carbocycles. The molecule has 0 spiro atoms. The van der Waals surface area contributed by atoms with Gasteiger partial charge in [0.1, 0.15) is 0 Å². The number of hydrogen-bond donors (Lipinski definition) is 2. The van der Waals surface area contributed by atoms with Crippen LogP contribution in [0.3, 0.4) is 0 Å². The van der Waals surface area contributed by atoms with Crippen molar-refractivity contribution in [3.63, 3.8) is 0 Å². The van der Waals surface area contributed by atoms with Gasteiger partial charge in [0.15, 0.2) is 0 Å². The quantitative estimate of drug-likeness (QED) is 0.882. The number of carbonyl (C=O) groups is 1. The number of anilines is 2. The third kappa shape index (κ3) is 4.16. The highest BCUT2D eigenvalue weighted by atomic mass is 16.3. The molecular formula is C18H27N3O2. The lowest BCUT2D eigenvalue weighted by Gasteiger charge is -2.32. The van der Waals surface area contributed by atoms with E-state index in [4.69, 9.17) is 0 Å². The minimum atomic E-state index is -0.392. The van der Waals surface area contributed by atoms with E-state index in [1.165, 1.54) is 18.5 Å². The Morgan fingerprint density at radius 1 is 1.22 bits per heavy atom. The first-order valence-electron chi connectivity index (χ1n) is 8.71. The lowest BCUT2D eigenvalue weighted by molar-refractivity contribution is 0.0883. The zero-order valence-corrected chi connectivity index (χ0v) is 13.9. The summed E-state index contributed by atoms with van der Waals surface area (Å²) in [6, 6.07) is 7.96. The van der Waals surface area contributed by atoms with Crippen molar-refractivity contribution in [1.82, 2.24) is 4.90 Å². The maximum Gasteiger partial charge on any atom is 0.321 e. The Morgan fingerprint density at radius 2 is 2.00 bits per heavy atom. The van der Waals surface area contributed by atoms with Gasteiger partial charge in [-0.05, 0) is 49.8 Å². The van der Waals surface area contributed by atoms with Gasteiger partial charge in [-0.1, -0.05) is 13.0 Å². The first-order valence-corrected chi connectivity index (χ1v) is 8.71. The van der Waals surface area contributed by atoms with E-state index in [0.29, 0.717) is 13.1 Å². The second-order valence-electron chi connectivity index (χ2n) is 6.89. The van der Waals surface area contributed by atoms with Crippen LogP contribution in [0, 0.1) is 5.92 Å². The summed E-state index contributed by atoms with van der Waals surface area (Å²) in [5.41, 5.74) is 2.00. The smallest absolute Gasteiger partial charge is 0.321 e. The van der Waals surface area contributed by atoms with Gasteiger partial charge >= 0.3 is 6.03 Å². The van der Waals surface area contributed by atoms with Gasteiger partial charge < -0.3 is 20.2 Å². The normalized spacial score (nSPS) is 23.0. The van der Waals surface area contributed by atoms with Crippen LogP contribution in [0.1, 0.15) is 32.6 Å². The summed E-state index contributed by atoms with van der Waals surface area (Å²) in [5.74, 6) is 0.805. The van der Waals surface area contributed by atoms with E-state index in [9.17, 15) is 9.90 Å². The summed E-state index contributed by atoms with van der Waals surface area (Å²) in [4.78, 5) is 16.4. The lowest BCUT2D eigenvalue weighted by atomic mass is 9.99. The van der Waals surface area contributed by atoms with E-state index in [0.717, 1.165) is 37.5 Å². The van der Waals surface area contributed by atoms with E-state index in [1.54, 1.807) is 4.90 Å². The van der Waals surface area contributed by atoms with Crippen LogP contribution in [0.2, 0.25) is 0 Å². The summed E-state index contributed by atoms with van der Waals surface area (Å²) in [5, 5.41) is 12.7. The molecule has 2 aliphatic rings. The third-order valence-electron chi connectivity index (χ3n) is 4.93. The highest BCUT2D eigenvalue weighted by Gasteiger charge is 2.22. The number of urea groups is 1. The molecule has 1 atom stereocenters. The van der Waals surface area contributed by atoms with Crippen molar-refractivity contribution in [3.05, 3.63) is 24.3 Å². The number of likely N-dealkylation sites (tertiary alicyclic amines) is 1. The molecule has 2 heterocycles. The van der Waals surface area contributed by atoms with Crippen molar-refractivity contribution in [2.24, 2.45) is 5.92 Å². The summed E-state index contributed by atoms with van der Waals surface area (Å²) in [7, 11) is 0. The van der Waals surface area contributed by atoms with Crippen LogP contribution in [0.25, 0.3) is 0 Å². The molecule has 1 unspecified atom stereocenters. The van der Waals surface area contributed by atoms with Crippen molar-refractivity contribution in [3.8, 4) is 0 Å². The lowest BCUT2D eigenvalue weighted by Crippen LogP contribution is -2.44. The Bertz CT molecular complexity index is 541. The first kappa shape index (κ1) is 16.1. The molecule has 5 nitrogen and oxygen atoms in total. The molecule has 0 saturated carbocycles. The van der Waals surface area contributed by atoms with E-state index >= 15 is 0 Å². The van der Waals surface area contributed by atoms with Gasteiger partial charge in [-0.3, -0.25) is 0 Å². The number of piperidine rings is 2. The highest BCUT2D eigenvalue weighted by Crippen LogP contribution is 2.25. The number of hydrogen-bond acceptors (Lipinski definition) is 3. The van der Waals surface area contributed by atoms with Crippen molar-refractivity contribution in [2.75, 3.05) is 36.4 Å². The fourth-order valence-electron chi connectivity index (χ4n) is 3.39. The molecule has 2 N–H and O–H groups in total. The van der Waals surface area contributed by atoms with Crippen LogP contribution in [0.15, 0.2) is 24.3 Å². The Morgan fingerprint density at radius 3 is 2.74 bits per heavy atom. The van der Waals surface area contributed by atoms with E-state index in [2.05, 4.69) is 23.2 Å². The van der Waals surface area contributed by atoms with Gasteiger partial charge in [0.2, 0.25) is 0 Å². The monoisotopic (exact) mass is 317 g/mol. The summed E-state index contributed by atoms with van der Waals surface area (Å²) < 4.78 is 0. The largest absolute Gasteiger partial charge is 0.391 e. The van der Waals surface area contributed by atoms with E-state index in [1.807, 2.05) is 18.2 Å². The fourth-order valence-corrected chi connectivity index (χ4v) is 3.39. The number of aliphatic hydroxyl groups is 1. The molecule has 2 amide bonds. The highest BCUT2D eigenvalue weighted by molar-refractivity contribution is 5.90. The average molecular weight is 317 g/mol. The summed E-state index contributed by atoms with van der Waals surface area (Å²) in [6.07, 6.45) is 3.70. The van der Waals surface area contributed by atoms with Gasteiger partial charge in [-0.25, -0.2) is 4.79 Å². The van der Waals surface area contributed by atoms with Crippen LogP contribution in [0.5, 0.6) is 0 Å². The van der Waals surface area contributed by atoms with E-state index in [-0.39, 0.29) is 6.03 Å². The van der Waals surface area contributed by atoms with Gasteiger partial charge in [0.05, 0.1) is 6.10 Å². The van der Waals surface area contributed by atoms with Crippen LogP contribution in [0.4, 0.5) is 16.2 Å². The predicted molar refractivity (Wildman–Crippen MR) is 92.9 cm³/mol. The Kier molecular flexibility index (Phi) is 5.06.